The molecule has 0 bridgehead atoms. The second-order valence-corrected chi connectivity index (χ2v) is 11.2. The van der Waals surface area contributed by atoms with Crippen molar-refractivity contribution < 1.29 is 45.8 Å². The number of carboxylic acids is 1. The Hall–Kier alpha value is -3.69. The molecule has 2 N–H and O–H groups in total. The molecule has 0 atom stereocenters. The van der Waals surface area contributed by atoms with Gasteiger partial charge in [0.15, 0.2) is 0 Å². The van der Waals surface area contributed by atoms with Crippen LogP contribution in [0.25, 0.3) is 17.2 Å². The van der Waals surface area contributed by atoms with Gasteiger partial charge in [-0.05, 0) is 71.1 Å². The Morgan fingerprint density at radius 1 is 0.951 bits per heavy atom. The molecular weight excluding hydrogens is 614 g/mol. The number of carbonyl (C=O) groups is 3. The zero-order chi connectivity index (χ0) is 30.1. The predicted octanol–water partition coefficient (Wildman–Crippen LogP) is 7.38. The lowest BCUT2D eigenvalue weighted by Gasteiger charge is -2.14. The molecule has 15 heteroatoms. The summed E-state index contributed by atoms with van der Waals surface area (Å²) in [7, 11) is 0. The van der Waals surface area contributed by atoms with Crippen molar-refractivity contribution in [1.29, 1.82) is 0 Å². The Morgan fingerprint density at radius 2 is 1.56 bits per heavy atom. The maximum atomic E-state index is 13.2. The molecule has 1 saturated heterocycles. The number of thiophene rings is 1. The van der Waals surface area contributed by atoms with Crippen LogP contribution in [-0.4, -0.2) is 38.7 Å². The minimum absolute atomic E-state index is 0.0473. The molecule has 41 heavy (non-hydrogen) atoms. The molecule has 0 saturated carbocycles. The highest BCUT2D eigenvalue weighted by atomic mass is 32.2. The highest BCUT2D eigenvalue weighted by molar-refractivity contribution is 8.26. The average molecular weight is 631 g/mol. The van der Waals surface area contributed by atoms with Gasteiger partial charge in [0.1, 0.15) is 4.32 Å². The van der Waals surface area contributed by atoms with Gasteiger partial charge in [0, 0.05) is 23.5 Å². The van der Waals surface area contributed by atoms with Crippen LogP contribution in [0, 0.1) is 0 Å². The Bertz CT molecular complexity index is 1530. The number of amides is 2. The van der Waals surface area contributed by atoms with Crippen LogP contribution in [0.5, 0.6) is 0 Å². The van der Waals surface area contributed by atoms with Crippen molar-refractivity contribution in [2.75, 3.05) is 11.9 Å². The number of rotatable bonds is 7. The van der Waals surface area contributed by atoms with Crippen LogP contribution >= 0.6 is 35.3 Å². The summed E-state index contributed by atoms with van der Waals surface area (Å²) in [4.78, 5) is 37.9. The first kappa shape index (κ1) is 30.3. The number of thioether (sulfide) groups is 1. The SMILES string of the molecule is O=C(CCN1C(=O)C(=Cc2cc(-c3cc(C(F)(F)F)cc(C(F)(F)F)c3)cs2)SC1=S)Nc1ccc(C(=O)O)cc1. The van der Waals surface area contributed by atoms with Crippen molar-refractivity contribution in [1.82, 2.24) is 4.90 Å². The fourth-order valence-corrected chi connectivity index (χ4v) is 5.88. The monoisotopic (exact) mass is 630 g/mol. The zero-order valence-electron chi connectivity index (χ0n) is 20.3. The van der Waals surface area contributed by atoms with E-state index in [1.807, 2.05) is 0 Å². The van der Waals surface area contributed by atoms with Crippen molar-refractivity contribution in [3.63, 3.8) is 0 Å². The fourth-order valence-electron chi connectivity index (χ4n) is 3.66. The number of carbonyl (C=O) groups excluding carboxylic acids is 2. The van der Waals surface area contributed by atoms with E-state index >= 15 is 0 Å². The number of alkyl halides is 6. The number of benzene rings is 2. The third-order valence-corrected chi connectivity index (χ3v) is 7.92. The minimum Gasteiger partial charge on any atom is -0.478 e. The normalized spacial score (nSPS) is 15.1. The van der Waals surface area contributed by atoms with Crippen LogP contribution in [0.3, 0.4) is 0 Å². The number of anilines is 1. The van der Waals surface area contributed by atoms with Gasteiger partial charge in [0.05, 0.1) is 21.6 Å². The number of carboxylic acid groups (broad SMARTS) is 1. The third kappa shape index (κ3) is 7.34. The van der Waals surface area contributed by atoms with Crippen LogP contribution in [0.15, 0.2) is 58.8 Å². The molecule has 4 rings (SSSR count). The van der Waals surface area contributed by atoms with Gasteiger partial charge in [-0.2, -0.15) is 26.3 Å². The highest BCUT2D eigenvalue weighted by Crippen LogP contribution is 2.40. The molecule has 0 unspecified atom stereocenters. The molecule has 2 amide bonds. The number of aromatic carboxylic acids is 1. The number of halogens is 6. The summed E-state index contributed by atoms with van der Waals surface area (Å²) < 4.78 is 79.6. The van der Waals surface area contributed by atoms with Crippen LogP contribution in [-0.2, 0) is 21.9 Å². The summed E-state index contributed by atoms with van der Waals surface area (Å²) in [5, 5.41) is 12.9. The van der Waals surface area contributed by atoms with Crippen molar-refractivity contribution >= 4 is 69.2 Å². The number of hydrogen-bond acceptors (Lipinski definition) is 6. The van der Waals surface area contributed by atoms with E-state index in [4.69, 9.17) is 17.3 Å². The van der Waals surface area contributed by atoms with Crippen molar-refractivity contribution in [3.8, 4) is 11.1 Å². The van der Waals surface area contributed by atoms with Gasteiger partial charge in [-0.15, -0.1) is 11.3 Å². The Morgan fingerprint density at radius 3 is 2.12 bits per heavy atom. The van der Waals surface area contributed by atoms with E-state index in [0.29, 0.717) is 22.7 Å². The Balaban J connectivity index is 1.45. The second kappa shape index (κ2) is 11.7. The van der Waals surface area contributed by atoms with Crippen LogP contribution in [0.4, 0.5) is 32.0 Å². The van der Waals surface area contributed by atoms with Crippen LogP contribution in [0.1, 0.15) is 32.8 Å². The molecule has 1 fully saturated rings. The lowest BCUT2D eigenvalue weighted by molar-refractivity contribution is -0.143. The van der Waals surface area contributed by atoms with E-state index < -0.39 is 41.3 Å². The highest BCUT2D eigenvalue weighted by Gasteiger charge is 2.37. The Kier molecular flexibility index (Phi) is 8.61. The first-order valence-electron chi connectivity index (χ1n) is 11.4. The fraction of sp³-hybridized carbons (Fsp3) is 0.154. The molecule has 3 aromatic rings. The number of hydrogen-bond donors (Lipinski definition) is 2. The first-order chi connectivity index (χ1) is 19.1. The molecule has 2 heterocycles. The molecule has 1 aromatic heterocycles. The summed E-state index contributed by atoms with van der Waals surface area (Å²) >= 11 is 7.20. The smallest absolute Gasteiger partial charge is 0.416 e. The van der Waals surface area contributed by atoms with Gasteiger partial charge < -0.3 is 10.4 Å². The molecular formula is C26H16F6N2O4S3. The van der Waals surface area contributed by atoms with Gasteiger partial charge in [-0.25, -0.2) is 4.79 Å². The molecule has 6 nitrogen and oxygen atoms in total. The van der Waals surface area contributed by atoms with Gasteiger partial charge in [0.2, 0.25) is 5.91 Å². The van der Waals surface area contributed by atoms with E-state index in [9.17, 15) is 40.7 Å². The lowest BCUT2D eigenvalue weighted by Crippen LogP contribution is -2.31. The van der Waals surface area contributed by atoms with Gasteiger partial charge in [-0.3, -0.25) is 14.5 Å². The molecule has 2 aromatic carbocycles. The zero-order valence-corrected chi connectivity index (χ0v) is 22.7. The maximum absolute atomic E-state index is 13.2. The average Bonchev–Trinajstić information content (AvgIpc) is 3.46. The van der Waals surface area contributed by atoms with E-state index in [1.54, 1.807) is 0 Å². The minimum atomic E-state index is -4.98. The summed E-state index contributed by atoms with van der Waals surface area (Å²) in [6.45, 7) is -0.0544. The summed E-state index contributed by atoms with van der Waals surface area (Å²) in [6, 6.07) is 8.17. The van der Waals surface area contributed by atoms with E-state index in [-0.39, 0.29) is 44.9 Å². The summed E-state index contributed by atoms with van der Waals surface area (Å²) in [6.07, 6.45) is -8.66. The molecule has 0 radical (unpaired) electrons. The van der Waals surface area contributed by atoms with E-state index in [0.717, 1.165) is 23.1 Å². The quantitative estimate of drug-likeness (QED) is 0.161. The van der Waals surface area contributed by atoms with Gasteiger partial charge in [-0.1, -0.05) is 24.0 Å². The molecule has 214 valence electrons. The van der Waals surface area contributed by atoms with Crippen molar-refractivity contribution in [2.45, 2.75) is 18.8 Å². The standard InChI is InChI=1S/C26H16F6N2O4S3/c27-25(28,29)16-7-14(8-17(10-16)26(30,31)32)15-9-19(40-12-15)11-20-22(36)34(24(39)41-20)6-5-21(35)33-18-3-1-13(2-4-18)23(37)38/h1-4,7-12H,5-6H2,(H,33,35)(H,37,38). The second-order valence-electron chi connectivity index (χ2n) is 8.55. The number of nitrogens with one attached hydrogen (secondary N) is 1. The first-order valence-corrected chi connectivity index (χ1v) is 13.5. The third-order valence-electron chi connectivity index (χ3n) is 5.67. The van der Waals surface area contributed by atoms with Gasteiger partial charge >= 0.3 is 18.3 Å². The lowest BCUT2D eigenvalue weighted by atomic mass is 10.0. The number of nitrogens with zero attached hydrogens (tertiary/aromatic N) is 1. The van der Waals surface area contributed by atoms with Crippen LogP contribution < -0.4 is 5.32 Å². The van der Waals surface area contributed by atoms with Crippen molar-refractivity contribution in [3.05, 3.63) is 80.4 Å². The van der Waals surface area contributed by atoms with E-state index in [1.165, 1.54) is 46.7 Å². The van der Waals surface area contributed by atoms with Gasteiger partial charge in [0.25, 0.3) is 5.91 Å². The molecule has 0 aliphatic carbocycles. The van der Waals surface area contributed by atoms with Crippen LogP contribution in [0.2, 0.25) is 0 Å². The molecule has 0 spiro atoms. The summed E-state index contributed by atoms with van der Waals surface area (Å²) in [5.74, 6) is -2.07. The predicted molar refractivity (Wildman–Crippen MR) is 146 cm³/mol. The topological polar surface area (TPSA) is 86.7 Å². The van der Waals surface area contributed by atoms with E-state index in [2.05, 4.69) is 5.32 Å². The molecule has 1 aliphatic rings. The summed E-state index contributed by atoms with van der Waals surface area (Å²) in [5.41, 5.74) is -2.62. The van der Waals surface area contributed by atoms with Crippen molar-refractivity contribution in [2.24, 2.45) is 0 Å². The molecule has 1 aliphatic heterocycles. The number of thiocarbonyl (C=S) groups is 1. The largest absolute Gasteiger partial charge is 0.478 e. The maximum Gasteiger partial charge on any atom is 0.416 e. The Labute approximate surface area is 241 Å².